The summed E-state index contributed by atoms with van der Waals surface area (Å²) >= 11 is 5.99. The summed E-state index contributed by atoms with van der Waals surface area (Å²) in [5, 5.41) is 0.681. The first-order valence-electron chi connectivity index (χ1n) is 7.09. The van der Waals surface area contributed by atoms with E-state index >= 15 is 0 Å². The van der Waals surface area contributed by atoms with Gasteiger partial charge in [-0.15, -0.1) is 0 Å². The molecule has 2 aromatic carbocycles. The number of nitrogens with zero attached hydrogens (tertiary/aromatic N) is 1. The molecule has 0 bridgehead atoms. The maximum absolute atomic E-state index is 11.6. The second kappa shape index (κ2) is 8.29. The maximum atomic E-state index is 11.6. The van der Waals surface area contributed by atoms with Gasteiger partial charge in [-0.3, -0.25) is 0 Å². The monoisotopic (exact) mass is 319 g/mol. The highest BCUT2D eigenvalue weighted by atomic mass is 35.5. The van der Waals surface area contributed by atoms with E-state index in [-0.39, 0.29) is 6.61 Å². The van der Waals surface area contributed by atoms with Crippen LogP contribution in [0.25, 0.3) is 0 Å². The third-order valence-electron chi connectivity index (χ3n) is 3.08. The number of likely N-dealkylation sites (N-methyl/N-ethyl adjacent to an activating group) is 1. The van der Waals surface area contributed by atoms with Gasteiger partial charge in [-0.2, -0.15) is 0 Å². The number of benzene rings is 2. The van der Waals surface area contributed by atoms with Crippen LogP contribution in [0.1, 0.15) is 6.92 Å². The van der Waals surface area contributed by atoms with E-state index in [0.29, 0.717) is 17.3 Å². The van der Waals surface area contributed by atoms with Gasteiger partial charge in [0.1, 0.15) is 12.4 Å². The average molecular weight is 320 g/mol. The molecule has 0 fully saturated rings. The van der Waals surface area contributed by atoms with Crippen molar-refractivity contribution in [3.05, 3.63) is 59.6 Å². The number of para-hydroxylation sites is 1. The zero-order chi connectivity index (χ0) is 15.8. The van der Waals surface area contributed by atoms with Crippen LogP contribution < -0.4 is 9.64 Å². The van der Waals surface area contributed by atoms with Crippen molar-refractivity contribution in [3.8, 4) is 5.75 Å². The normalized spacial score (nSPS) is 10.1. The molecule has 0 unspecified atom stereocenters. The van der Waals surface area contributed by atoms with Crippen LogP contribution >= 0.6 is 11.6 Å². The number of hydrogen-bond donors (Lipinski definition) is 0. The molecule has 0 heterocycles. The number of hydrogen-bond acceptors (Lipinski definition) is 4. The lowest BCUT2D eigenvalue weighted by atomic mass is 10.3. The van der Waals surface area contributed by atoms with Gasteiger partial charge in [0, 0.05) is 17.3 Å². The summed E-state index contributed by atoms with van der Waals surface area (Å²) in [4.78, 5) is 13.7. The number of anilines is 1. The van der Waals surface area contributed by atoms with Crippen molar-refractivity contribution in [2.75, 3.05) is 24.6 Å². The van der Waals surface area contributed by atoms with Gasteiger partial charge in [0.25, 0.3) is 0 Å². The molecule has 0 N–H and O–H groups in total. The topological polar surface area (TPSA) is 38.8 Å². The Morgan fingerprint density at radius 1 is 1.14 bits per heavy atom. The standard InChI is InChI=1S/C17H18ClNO3/c1-2-19(15-8-6-7-14(18)13-15)11-12-21-17(20)22-16-9-4-3-5-10-16/h3-10,13H,2,11-12H2,1H3. The molecule has 5 heteroatoms. The smallest absolute Gasteiger partial charge is 0.432 e. The fourth-order valence-electron chi connectivity index (χ4n) is 2.00. The first-order chi connectivity index (χ1) is 10.7. The average Bonchev–Trinajstić information content (AvgIpc) is 2.52. The number of rotatable bonds is 6. The molecule has 2 rings (SSSR count). The van der Waals surface area contributed by atoms with Crippen LogP contribution in [0.5, 0.6) is 5.75 Å². The van der Waals surface area contributed by atoms with Gasteiger partial charge >= 0.3 is 6.16 Å². The Morgan fingerprint density at radius 2 is 1.91 bits per heavy atom. The van der Waals surface area contributed by atoms with Crippen molar-refractivity contribution >= 4 is 23.4 Å². The van der Waals surface area contributed by atoms with Crippen molar-refractivity contribution in [3.63, 3.8) is 0 Å². The molecule has 116 valence electrons. The molecule has 0 radical (unpaired) electrons. The highest BCUT2D eigenvalue weighted by Crippen LogP contribution is 2.19. The van der Waals surface area contributed by atoms with Crippen LogP contribution in [0.4, 0.5) is 10.5 Å². The summed E-state index contributed by atoms with van der Waals surface area (Å²) in [6.45, 7) is 3.63. The Labute approximate surface area is 135 Å². The van der Waals surface area contributed by atoms with Gasteiger partial charge in [0.2, 0.25) is 0 Å². The Morgan fingerprint density at radius 3 is 2.59 bits per heavy atom. The zero-order valence-corrected chi connectivity index (χ0v) is 13.1. The Hall–Kier alpha value is -2.20. The number of carbonyl (C=O) groups is 1. The van der Waals surface area contributed by atoms with E-state index in [1.807, 2.05) is 37.3 Å². The molecule has 0 saturated heterocycles. The SMILES string of the molecule is CCN(CCOC(=O)Oc1ccccc1)c1cccc(Cl)c1. The van der Waals surface area contributed by atoms with E-state index in [9.17, 15) is 4.79 Å². The minimum atomic E-state index is -0.701. The molecule has 0 aliphatic heterocycles. The Balaban J connectivity index is 1.80. The van der Waals surface area contributed by atoms with E-state index in [0.717, 1.165) is 12.2 Å². The van der Waals surface area contributed by atoms with Crippen LogP contribution in [-0.2, 0) is 4.74 Å². The number of carbonyl (C=O) groups excluding carboxylic acids is 1. The summed E-state index contributed by atoms with van der Waals surface area (Å²) in [6, 6.07) is 16.4. The molecule has 0 aliphatic rings. The summed E-state index contributed by atoms with van der Waals surface area (Å²) in [5.41, 5.74) is 0.995. The van der Waals surface area contributed by atoms with Gasteiger partial charge in [0.05, 0.1) is 6.54 Å². The molecular formula is C17H18ClNO3. The lowest BCUT2D eigenvalue weighted by Gasteiger charge is -2.22. The van der Waals surface area contributed by atoms with Crippen molar-refractivity contribution in [2.24, 2.45) is 0 Å². The molecule has 0 aromatic heterocycles. The minimum absolute atomic E-state index is 0.242. The summed E-state index contributed by atoms with van der Waals surface area (Å²) in [6.07, 6.45) is -0.701. The summed E-state index contributed by atoms with van der Waals surface area (Å²) in [5.74, 6) is 0.467. The third-order valence-corrected chi connectivity index (χ3v) is 3.32. The van der Waals surface area contributed by atoms with Crippen LogP contribution in [-0.4, -0.2) is 25.9 Å². The zero-order valence-electron chi connectivity index (χ0n) is 12.4. The van der Waals surface area contributed by atoms with E-state index in [1.54, 1.807) is 24.3 Å². The van der Waals surface area contributed by atoms with E-state index < -0.39 is 6.16 Å². The highest BCUT2D eigenvalue weighted by molar-refractivity contribution is 6.30. The van der Waals surface area contributed by atoms with Crippen molar-refractivity contribution < 1.29 is 14.3 Å². The lowest BCUT2D eigenvalue weighted by molar-refractivity contribution is 0.101. The lowest BCUT2D eigenvalue weighted by Crippen LogP contribution is -2.28. The molecule has 0 aliphatic carbocycles. The first kappa shape index (κ1) is 16.2. The highest BCUT2D eigenvalue weighted by Gasteiger charge is 2.08. The third kappa shape index (κ3) is 4.97. The minimum Gasteiger partial charge on any atom is -0.432 e. The van der Waals surface area contributed by atoms with Gasteiger partial charge < -0.3 is 14.4 Å². The fraction of sp³-hybridized carbons (Fsp3) is 0.235. The van der Waals surface area contributed by atoms with Crippen molar-refractivity contribution in [2.45, 2.75) is 6.92 Å². The second-order valence-corrected chi connectivity index (χ2v) is 5.01. The van der Waals surface area contributed by atoms with Crippen LogP contribution in [0, 0.1) is 0 Å². The van der Waals surface area contributed by atoms with Crippen molar-refractivity contribution in [1.82, 2.24) is 0 Å². The Kier molecular flexibility index (Phi) is 6.10. The molecule has 22 heavy (non-hydrogen) atoms. The van der Waals surface area contributed by atoms with Gasteiger partial charge in [-0.1, -0.05) is 35.9 Å². The fourth-order valence-corrected chi connectivity index (χ4v) is 2.18. The number of ether oxygens (including phenoxy) is 2. The van der Waals surface area contributed by atoms with Crippen LogP contribution in [0.2, 0.25) is 5.02 Å². The first-order valence-corrected chi connectivity index (χ1v) is 7.47. The number of halogens is 1. The van der Waals surface area contributed by atoms with Gasteiger partial charge in [-0.25, -0.2) is 4.79 Å². The molecule has 0 saturated carbocycles. The largest absolute Gasteiger partial charge is 0.513 e. The maximum Gasteiger partial charge on any atom is 0.513 e. The van der Waals surface area contributed by atoms with E-state index in [4.69, 9.17) is 21.1 Å². The van der Waals surface area contributed by atoms with E-state index in [2.05, 4.69) is 4.90 Å². The predicted octanol–water partition coefficient (Wildman–Crippen LogP) is 4.38. The molecule has 4 nitrogen and oxygen atoms in total. The quantitative estimate of drug-likeness (QED) is 0.585. The van der Waals surface area contributed by atoms with Crippen molar-refractivity contribution in [1.29, 1.82) is 0 Å². The summed E-state index contributed by atoms with van der Waals surface area (Å²) in [7, 11) is 0. The second-order valence-electron chi connectivity index (χ2n) is 4.57. The molecular weight excluding hydrogens is 302 g/mol. The van der Waals surface area contributed by atoms with Crippen LogP contribution in [0.3, 0.4) is 0 Å². The summed E-state index contributed by atoms with van der Waals surface area (Å²) < 4.78 is 10.1. The van der Waals surface area contributed by atoms with E-state index in [1.165, 1.54) is 0 Å². The predicted molar refractivity (Wildman–Crippen MR) is 87.8 cm³/mol. The molecule has 0 spiro atoms. The van der Waals surface area contributed by atoms with Gasteiger partial charge in [-0.05, 0) is 37.3 Å². The molecule has 0 amide bonds. The molecule has 2 aromatic rings. The van der Waals surface area contributed by atoms with Crippen LogP contribution in [0.15, 0.2) is 54.6 Å². The Bertz CT molecular complexity index is 604. The van der Waals surface area contributed by atoms with Gasteiger partial charge in [0.15, 0.2) is 0 Å². The molecule has 0 atom stereocenters.